The van der Waals surface area contributed by atoms with E-state index in [1.165, 1.54) is 22.3 Å². The molecule has 1 N–H and O–H groups in total. The lowest BCUT2D eigenvalue weighted by Gasteiger charge is -2.17. The topological polar surface area (TPSA) is 57.6 Å². The summed E-state index contributed by atoms with van der Waals surface area (Å²) in [4.78, 5) is 24.6. The third-order valence-electron chi connectivity index (χ3n) is 2.27. The highest BCUT2D eigenvalue weighted by atomic mass is 35.5. The number of carbonyl (C=O) groups excluding carboxylic acids is 1. The van der Waals surface area contributed by atoms with Crippen LogP contribution in [0.25, 0.3) is 6.08 Å². The molecular formula is C12H14ClNO3S. The van der Waals surface area contributed by atoms with Crippen molar-refractivity contribution >= 4 is 40.9 Å². The van der Waals surface area contributed by atoms with Crippen LogP contribution < -0.4 is 0 Å². The van der Waals surface area contributed by atoms with Crippen molar-refractivity contribution in [2.24, 2.45) is 0 Å². The molecule has 1 rings (SSSR count). The molecule has 1 aromatic rings. The molecule has 0 aromatic carbocycles. The van der Waals surface area contributed by atoms with Crippen LogP contribution >= 0.6 is 22.9 Å². The van der Waals surface area contributed by atoms with Crippen LogP contribution in [0.15, 0.2) is 18.2 Å². The fraction of sp³-hybridized carbons (Fsp3) is 0.333. The number of nitrogens with zero attached hydrogens (tertiary/aromatic N) is 1. The highest BCUT2D eigenvalue weighted by Crippen LogP contribution is 2.22. The number of carboxylic acids is 1. The lowest BCUT2D eigenvalue weighted by Crippen LogP contribution is -2.31. The van der Waals surface area contributed by atoms with Gasteiger partial charge in [-0.1, -0.05) is 11.6 Å². The first-order chi connectivity index (χ1) is 8.52. The van der Waals surface area contributed by atoms with Gasteiger partial charge in [-0.25, -0.2) is 0 Å². The Balaban J connectivity index is 2.56. The smallest absolute Gasteiger partial charge is 0.305 e. The molecule has 0 aliphatic carbocycles. The van der Waals surface area contributed by atoms with Crippen molar-refractivity contribution < 1.29 is 14.7 Å². The summed E-state index contributed by atoms with van der Waals surface area (Å²) in [6, 6.07) is 3.59. The predicted molar refractivity (Wildman–Crippen MR) is 72.9 cm³/mol. The molecule has 1 heterocycles. The standard InChI is InChI=1S/C12H14ClNO3S/c1-2-14(8-7-12(16)17)11(15)6-4-9-3-5-10(13)18-9/h3-6H,2,7-8H2,1H3,(H,16,17). The van der Waals surface area contributed by atoms with Gasteiger partial charge in [-0.05, 0) is 25.1 Å². The lowest BCUT2D eigenvalue weighted by atomic mass is 10.3. The quantitative estimate of drug-likeness (QED) is 0.819. The molecular weight excluding hydrogens is 274 g/mol. The van der Waals surface area contributed by atoms with E-state index in [-0.39, 0.29) is 18.9 Å². The SMILES string of the molecule is CCN(CCC(=O)O)C(=O)C=Cc1ccc(Cl)s1. The maximum absolute atomic E-state index is 11.8. The van der Waals surface area contributed by atoms with Crippen molar-refractivity contribution in [3.8, 4) is 0 Å². The predicted octanol–water partition coefficient (Wildman–Crippen LogP) is 2.74. The second kappa shape index (κ2) is 7.18. The summed E-state index contributed by atoms with van der Waals surface area (Å²) >= 11 is 7.16. The van der Waals surface area contributed by atoms with Crippen LogP contribution in [-0.2, 0) is 9.59 Å². The molecule has 18 heavy (non-hydrogen) atoms. The minimum absolute atomic E-state index is 0.0434. The van der Waals surface area contributed by atoms with Gasteiger partial charge in [0, 0.05) is 24.0 Å². The molecule has 0 saturated heterocycles. The van der Waals surface area contributed by atoms with Crippen LogP contribution in [0.3, 0.4) is 0 Å². The van der Waals surface area contributed by atoms with Gasteiger partial charge in [-0.3, -0.25) is 9.59 Å². The number of amides is 1. The van der Waals surface area contributed by atoms with Crippen molar-refractivity contribution in [1.82, 2.24) is 4.90 Å². The zero-order valence-electron chi connectivity index (χ0n) is 9.93. The van der Waals surface area contributed by atoms with Gasteiger partial charge in [0.05, 0.1) is 10.8 Å². The Labute approximate surface area is 114 Å². The van der Waals surface area contributed by atoms with Crippen molar-refractivity contribution in [2.45, 2.75) is 13.3 Å². The maximum Gasteiger partial charge on any atom is 0.305 e. The van der Waals surface area contributed by atoms with Gasteiger partial charge < -0.3 is 10.0 Å². The first-order valence-corrected chi connectivity index (χ1v) is 6.66. The number of aliphatic carboxylic acids is 1. The molecule has 0 bridgehead atoms. The molecule has 0 spiro atoms. The number of hydrogen-bond acceptors (Lipinski definition) is 3. The van der Waals surface area contributed by atoms with E-state index in [0.29, 0.717) is 10.9 Å². The molecule has 6 heteroatoms. The molecule has 0 atom stereocenters. The highest BCUT2D eigenvalue weighted by Gasteiger charge is 2.09. The zero-order valence-corrected chi connectivity index (χ0v) is 11.5. The van der Waals surface area contributed by atoms with E-state index >= 15 is 0 Å². The Bertz CT molecular complexity index is 456. The van der Waals surface area contributed by atoms with Crippen molar-refractivity contribution in [3.63, 3.8) is 0 Å². The van der Waals surface area contributed by atoms with Gasteiger partial charge >= 0.3 is 5.97 Å². The number of thiophene rings is 1. The summed E-state index contributed by atoms with van der Waals surface area (Å²) in [5, 5.41) is 8.58. The summed E-state index contributed by atoms with van der Waals surface area (Å²) in [5.41, 5.74) is 0. The normalized spacial score (nSPS) is 10.8. The first-order valence-electron chi connectivity index (χ1n) is 5.47. The summed E-state index contributed by atoms with van der Waals surface area (Å²) in [6.45, 7) is 2.53. The second-order valence-electron chi connectivity index (χ2n) is 3.54. The molecule has 0 radical (unpaired) electrons. The number of likely N-dealkylation sites (N-methyl/N-ethyl adjacent to an activating group) is 1. The van der Waals surface area contributed by atoms with Gasteiger partial charge in [0.1, 0.15) is 0 Å². The van der Waals surface area contributed by atoms with E-state index in [0.717, 1.165) is 4.88 Å². The van der Waals surface area contributed by atoms with E-state index < -0.39 is 5.97 Å². The lowest BCUT2D eigenvalue weighted by molar-refractivity contribution is -0.137. The van der Waals surface area contributed by atoms with Crippen LogP contribution in [0.2, 0.25) is 4.34 Å². The molecule has 98 valence electrons. The van der Waals surface area contributed by atoms with E-state index in [4.69, 9.17) is 16.7 Å². The first kappa shape index (κ1) is 14.7. The second-order valence-corrected chi connectivity index (χ2v) is 5.28. The van der Waals surface area contributed by atoms with Gasteiger partial charge in [0.2, 0.25) is 5.91 Å². The fourth-order valence-corrected chi connectivity index (χ4v) is 2.30. The van der Waals surface area contributed by atoms with Crippen LogP contribution in [0.4, 0.5) is 0 Å². The van der Waals surface area contributed by atoms with E-state index in [1.54, 1.807) is 12.1 Å². The van der Waals surface area contributed by atoms with Crippen molar-refractivity contribution in [2.75, 3.05) is 13.1 Å². The molecule has 0 unspecified atom stereocenters. The summed E-state index contributed by atoms with van der Waals surface area (Å²) < 4.78 is 0.667. The van der Waals surface area contributed by atoms with Crippen molar-refractivity contribution in [1.29, 1.82) is 0 Å². The maximum atomic E-state index is 11.8. The van der Waals surface area contributed by atoms with E-state index in [1.807, 2.05) is 13.0 Å². The van der Waals surface area contributed by atoms with Gasteiger partial charge in [-0.2, -0.15) is 0 Å². The summed E-state index contributed by atoms with van der Waals surface area (Å²) in [6.07, 6.45) is 3.08. The van der Waals surface area contributed by atoms with Gasteiger partial charge in [0.15, 0.2) is 0 Å². The molecule has 1 aromatic heterocycles. The molecule has 0 fully saturated rings. The minimum atomic E-state index is -0.907. The summed E-state index contributed by atoms with van der Waals surface area (Å²) in [7, 11) is 0. The number of hydrogen-bond donors (Lipinski definition) is 1. The molecule has 4 nitrogen and oxygen atoms in total. The summed E-state index contributed by atoms with van der Waals surface area (Å²) in [5.74, 6) is -1.10. The zero-order chi connectivity index (χ0) is 13.5. The highest BCUT2D eigenvalue weighted by molar-refractivity contribution is 7.17. The van der Waals surface area contributed by atoms with Crippen LogP contribution in [-0.4, -0.2) is 35.0 Å². The van der Waals surface area contributed by atoms with Crippen LogP contribution in [0, 0.1) is 0 Å². The number of carboxylic acid groups (broad SMARTS) is 1. The number of rotatable bonds is 6. The van der Waals surface area contributed by atoms with Gasteiger partial charge in [-0.15, -0.1) is 11.3 Å². The van der Waals surface area contributed by atoms with E-state index in [2.05, 4.69) is 0 Å². The fourth-order valence-electron chi connectivity index (χ4n) is 1.33. The third kappa shape index (κ3) is 4.89. The van der Waals surface area contributed by atoms with Gasteiger partial charge in [0.25, 0.3) is 0 Å². The van der Waals surface area contributed by atoms with Crippen molar-refractivity contribution in [3.05, 3.63) is 27.4 Å². The number of halogens is 1. The van der Waals surface area contributed by atoms with E-state index in [9.17, 15) is 9.59 Å². The minimum Gasteiger partial charge on any atom is -0.481 e. The Morgan fingerprint density at radius 3 is 2.72 bits per heavy atom. The Kier molecular flexibility index (Phi) is 5.88. The largest absolute Gasteiger partial charge is 0.481 e. The Morgan fingerprint density at radius 2 is 2.22 bits per heavy atom. The molecule has 0 aliphatic heterocycles. The molecule has 0 aliphatic rings. The number of carbonyl (C=O) groups is 2. The average Bonchev–Trinajstić information content (AvgIpc) is 2.73. The Morgan fingerprint density at radius 1 is 1.50 bits per heavy atom. The van der Waals surface area contributed by atoms with Crippen LogP contribution in [0.1, 0.15) is 18.2 Å². The Hall–Kier alpha value is -1.33. The average molecular weight is 288 g/mol. The molecule has 0 saturated carbocycles. The molecule has 1 amide bonds. The van der Waals surface area contributed by atoms with Crippen LogP contribution in [0.5, 0.6) is 0 Å². The third-order valence-corrected chi connectivity index (χ3v) is 3.47. The monoisotopic (exact) mass is 287 g/mol.